The van der Waals surface area contributed by atoms with Gasteiger partial charge < -0.3 is 9.55 Å². The van der Waals surface area contributed by atoms with Crippen LogP contribution in [0.3, 0.4) is 0 Å². The minimum atomic E-state index is -0.256. The second kappa shape index (κ2) is 7.32. The van der Waals surface area contributed by atoms with Crippen LogP contribution in [0.2, 0.25) is 0 Å². The van der Waals surface area contributed by atoms with Gasteiger partial charge in [0.1, 0.15) is 0 Å². The zero-order valence-electron chi connectivity index (χ0n) is 15.4. The minimum absolute atomic E-state index is 0.110. The minimum Gasteiger partial charge on any atom is -0.358 e. The molecule has 27 heavy (non-hydrogen) atoms. The van der Waals surface area contributed by atoms with Gasteiger partial charge in [0.2, 0.25) is 0 Å². The van der Waals surface area contributed by atoms with Crippen LogP contribution in [0.5, 0.6) is 0 Å². The number of carbonyl (C=O) groups is 1. The van der Waals surface area contributed by atoms with Gasteiger partial charge in [0.15, 0.2) is 16.8 Å². The summed E-state index contributed by atoms with van der Waals surface area (Å²) in [6.07, 6.45) is 0. The van der Waals surface area contributed by atoms with Gasteiger partial charge in [-0.05, 0) is 38.3 Å². The van der Waals surface area contributed by atoms with E-state index in [1.807, 2.05) is 55.6 Å². The van der Waals surface area contributed by atoms with E-state index in [1.54, 1.807) is 11.3 Å². The van der Waals surface area contributed by atoms with Crippen molar-refractivity contribution in [1.82, 2.24) is 19.7 Å². The normalized spacial score (nSPS) is 12.6. The van der Waals surface area contributed by atoms with E-state index in [2.05, 4.69) is 26.7 Å². The van der Waals surface area contributed by atoms with E-state index in [9.17, 15) is 4.79 Å². The molecule has 4 aromatic rings. The summed E-state index contributed by atoms with van der Waals surface area (Å²) in [5.74, 6) is 0.969. The van der Waals surface area contributed by atoms with Crippen LogP contribution in [-0.4, -0.2) is 30.8 Å². The zero-order chi connectivity index (χ0) is 19.0. The van der Waals surface area contributed by atoms with Gasteiger partial charge in [0.25, 0.3) is 0 Å². The van der Waals surface area contributed by atoms with E-state index >= 15 is 0 Å². The van der Waals surface area contributed by atoms with E-state index < -0.39 is 0 Å². The summed E-state index contributed by atoms with van der Waals surface area (Å²) in [4.78, 5) is 17.6. The number of aryl methyl sites for hydroxylation is 1. The molecule has 0 saturated heterocycles. The third-order valence-electron chi connectivity index (χ3n) is 4.57. The van der Waals surface area contributed by atoms with Crippen LogP contribution in [0.25, 0.3) is 21.6 Å². The molecule has 3 heterocycles. The first-order chi connectivity index (χ1) is 13.1. The van der Waals surface area contributed by atoms with Crippen LogP contribution in [0.15, 0.2) is 46.9 Å². The molecule has 4 rings (SSSR count). The number of ketones is 1. The summed E-state index contributed by atoms with van der Waals surface area (Å²) in [6, 6.07) is 12.0. The highest BCUT2D eigenvalue weighted by Crippen LogP contribution is 2.32. The van der Waals surface area contributed by atoms with Crippen molar-refractivity contribution in [3.8, 4) is 10.7 Å². The topological polar surface area (TPSA) is 63.6 Å². The fourth-order valence-electron chi connectivity index (χ4n) is 3.26. The molecule has 0 spiro atoms. The molecule has 1 aromatic carbocycles. The third-order valence-corrected chi connectivity index (χ3v) is 6.51. The lowest BCUT2D eigenvalue weighted by atomic mass is 10.1. The van der Waals surface area contributed by atoms with Crippen molar-refractivity contribution in [3.05, 3.63) is 53.0 Å². The number of hydrogen-bond acceptors (Lipinski definition) is 5. The molecule has 0 unspecified atom stereocenters. The summed E-state index contributed by atoms with van der Waals surface area (Å²) in [5, 5.41) is 12.2. The number of benzene rings is 1. The lowest BCUT2D eigenvalue weighted by Crippen LogP contribution is -2.15. The Labute approximate surface area is 165 Å². The number of thioether (sulfide) groups is 1. The maximum atomic E-state index is 13.2. The Morgan fingerprint density at radius 1 is 1.26 bits per heavy atom. The van der Waals surface area contributed by atoms with Crippen LogP contribution in [0.1, 0.15) is 29.9 Å². The van der Waals surface area contributed by atoms with E-state index in [-0.39, 0.29) is 11.0 Å². The maximum Gasteiger partial charge on any atom is 0.192 e. The number of fused-ring (bicyclic) bond motifs is 1. The van der Waals surface area contributed by atoms with Gasteiger partial charge in [-0.2, -0.15) is 0 Å². The predicted molar refractivity (Wildman–Crippen MR) is 112 cm³/mol. The van der Waals surface area contributed by atoms with E-state index in [0.717, 1.165) is 44.6 Å². The molecule has 0 bridgehead atoms. The third kappa shape index (κ3) is 3.21. The molecule has 138 valence electrons. The molecule has 1 atom stereocenters. The number of H-pyrrole nitrogens is 1. The number of nitrogens with zero attached hydrogens (tertiary/aromatic N) is 3. The lowest BCUT2D eigenvalue weighted by Gasteiger charge is -2.11. The van der Waals surface area contributed by atoms with E-state index in [1.165, 1.54) is 11.8 Å². The fraction of sp³-hybridized carbons (Fsp3) is 0.250. The molecule has 0 aliphatic rings. The van der Waals surface area contributed by atoms with Crippen molar-refractivity contribution in [2.45, 2.75) is 37.7 Å². The Hall–Kier alpha value is -2.38. The molecule has 7 heteroatoms. The largest absolute Gasteiger partial charge is 0.358 e. The van der Waals surface area contributed by atoms with Crippen molar-refractivity contribution < 1.29 is 4.79 Å². The van der Waals surface area contributed by atoms with Crippen LogP contribution in [-0.2, 0) is 6.54 Å². The molecule has 0 saturated carbocycles. The average Bonchev–Trinajstić information content (AvgIpc) is 3.38. The van der Waals surface area contributed by atoms with Crippen molar-refractivity contribution in [3.63, 3.8) is 0 Å². The number of rotatable bonds is 6. The highest BCUT2D eigenvalue weighted by atomic mass is 32.2. The summed E-state index contributed by atoms with van der Waals surface area (Å²) in [5.41, 5.74) is 2.67. The maximum absolute atomic E-state index is 13.2. The Morgan fingerprint density at radius 2 is 2.07 bits per heavy atom. The molecular weight excluding hydrogens is 376 g/mol. The number of aromatic amines is 1. The molecule has 1 N–H and O–H groups in total. The highest BCUT2D eigenvalue weighted by Gasteiger charge is 2.25. The van der Waals surface area contributed by atoms with Crippen LogP contribution in [0.4, 0.5) is 0 Å². The Morgan fingerprint density at radius 3 is 2.81 bits per heavy atom. The monoisotopic (exact) mass is 396 g/mol. The molecule has 0 aliphatic heterocycles. The van der Waals surface area contributed by atoms with Gasteiger partial charge in [0.05, 0.1) is 10.1 Å². The molecule has 0 aliphatic carbocycles. The van der Waals surface area contributed by atoms with Crippen LogP contribution >= 0.6 is 23.1 Å². The SMILES string of the molecule is CCn1c(S[C@H](C)C(=O)c2c(C)[nH]c3ccccc23)nnc1-c1cccs1. The number of hydrogen-bond donors (Lipinski definition) is 1. The summed E-state index contributed by atoms with van der Waals surface area (Å²) < 4.78 is 2.07. The Bertz CT molecular complexity index is 1090. The lowest BCUT2D eigenvalue weighted by molar-refractivity contribution is 0.0995. The average molecular weight is 397 g/mol. The summed E-state index contributed by atoms with van der Waals surface area (Å²) in [6.45, 7) is 6.72. The van der Waals surface area contributed by atoms with Crippen molar-refractivity contribution in [1.29, 1.82) is 0 Å². The van der Waals surface area contributed by atoms with Gasteiger partial charge in [-0.25, -0.2) is 0 Å². The first-order valence-corrected chi connectivity index (χ1v) is 10.6. The van der Waals surface area contributed by atoms with Crippen LogP contribution < -0.4 is 0 Å². The summed E-state index contributed by atoms with van der Waals surface area (Å²) in [7, 11) is 0. The molecule has 0 fully saturated rings. The van der Waals surface area contributed by atoms with Gasteiger partial charge in [0, 0.05) is 28.7 Å². The molecular formula is C20H20N4OS2. The van der Waals surface area contributed by atoms with Crippen molar-refractivity contribution in [2.75, 3.05) is 0 Å². The zero-order valence-corrected chi connectivity index (χ0v) is 17.0. The standard InChI is InChI=1S/C20H20N4OS2/c1-4-24-19(16-10-7-11-26-16)22-23-20(24)27-13(3)18(25)17-12(2)21-15-9-6-5-8-14(15)17/h5-11,13,21H,4H2,1-3H3/t13-/m1/s1. The predicted octanol–water partition coefficient (Wildman–Crippen LogP) is 5.18. The number of nitrogens with one attached hydrogen (secondary N) is 1. The smallest absolute Gasteiger partial charge is 0.192 e. The number of thiophene rings is 1. The van der Waals surface area contributed by atoms with E-state index in [0.29, 0.717) is 0 Å². The summed E-state index contributed by atoms with van der Waals surface area (Å²) >= 11 is 3.11. The molecule has 3 aromatic heterocycles. The van der Waals surface area contributed by atoms with Gasteiger partial charge in [-0.1, -0.05) is 36.0 Å². The first kappa shape index (κ1) is 18.0. The molecule has 0 amide bonds. The van der Waals surface area contributed by atoms with E-state index in [4.69, 9.17) is 0 Å². The second-order valence-corrected chi connectivity index (χ2v) is 8.58. The number of carbonyl (C=O) groups excluding carboxylic acids is 1. The Balaban J connectivity index is 1.63. The van der Waals surface area contributed by atoms with Crippen molar-refractivity contribution >= 4 is 39.8 Å². The fourth-order valence-corrected chi connectivity index (χ4v) is 4.95. The van der Waals surface area contributed by atoms with Gasteiger partial charge in [-0.3, -0.25) is 4.79 Å². The molecule has 0 radical (unpaired) electrons. The number of para-hydroxylation sites is 1. The second-order valence-electron chi connectivity index (χ2n) is 6.32. The van der Waals surface area contributed by atoms with Crippen LogP contribution in [0, 0.1) is 6.92 Å². The van der Waals surface area contributed by atoms with Crippen molar-refractivity contribution in [2.24, 2.45) is 0 Å². The Kier molecular flexibility index (Phi) is 4.88. The van der Waals surface area contributed by atoms with Gasteiger partial charge in [-0.15, -0.1) is 21.5 Å². The van der Waals surface area contributed by atoms with Gasteiger partial charge >= 0.3 is 0 Å². The first-order valence-electron chi connectivity index (χ1n) is 8.85. The number of Topliss-reactive ketones (excluding diaryl/α,β-unsaturated/α-hetero) is 1. The molecule has 5 nitrogen and oxygen atoms in total. The quantitative estimate of drug-likeness (QED) is 0.360. The highest BCUT2D eigenvalue weighted by molar-refractivity contribution is 8.00. The number of aromatic nitrogens is 4.